The van der Waals surface area contributed by atoms with Crippen molar-refractivity contribution in [3.05, 3.63) is 24.1 Å². The van der Waals surface area contributed by atoms with E-state index in [1.54, 1.807) is 14.2 Å². The Morgan fingerprint density at radius 3 is 2.29 bits per heavy atom. The molecular weight excluding hydrogens is 440 g/mol. The second-order valence-electron chi connectivity index (χ2n) is 8.75. The normalized spacial score (nSPS) is 18.0. The van der Waals surface area contributed by atoms with Gasteiger partial charge in [0.25, 0.3) is 0 Å². The molecule has 1 aromatic carbocycles. The zero-order valence-corrected chi connectivity index (χ0v) is 20.0. The topological polar surface area (TPSA) is 107 Å². The molecule has 2 aliphatic rings. The number of hydrogen-bond acceptors (Lipinski definition) is 9. The summed E-state index contributed by atoms with van der Waals surface area (Å²) >= 11 is 0. The lowest BCUT2D eigenvalue weighted by molar-refractivity contribution is -0.150. The minimum atomic E-state index is -0.171. The maximum Gasteiger partial charge on any atom is 0.308 e. The predicted molar refractivity (Wildman–Crippen MR) is 122 cm³/mol. The fourth-order valence-corrected chi connectivity index (χ4v) is 4.70. The number of carbonyl (C=O) groups is 2. The van der Waals surface area contributed by atoms with Gasteiger partial charge in [-0.1, -0.05) is 5.16 Å². The molecule has 3 heterocycles. The Morgan fingerprint density at radius 1 is 0.971 bits per heavy atom. The molecule has 2 fully saturated rings. The summed E-state index contributed by atoms with van der Waals surface area (Å²) in [6.45, 7) is 3.39. The molecule has 0 radical (unpaired) electrons. The van der Waals surface area contributed by atoms with E-state index in [1.807, 2.05) is 23.1 Å². The number of likely N-dealkylation sites (tertiary alicyclic amines) is 2. The summed E-state index contributed by atoms with van der Waals surface area (Å²) in [6.07, 6.45) is 2.95. The van der Waals surface area contributed by atoms with Crippen molar-refractivity contribution in [3.63, 3.8) is 0 Å². The molecule has 2 aromatic rings. The van der Waals surface area contributed by atoms with Crippen molar-refractivity contribution in [1.29, 1.82) is 0 Å². The molecule has 0 atom stereocenters. The van der Waals surface area contributed by atoms with Gasteiger partial charge in [-0.25, -0.2) is 0 Å². The van der Waals surface area contributed by atoms with Crippen molar-refractivity contribution in [2.75, 3.05) is 47.5 Å². The van der Waals surface area contributed by atoms with Crippen molar-refractivity contribution in [2.24, 2.45) is 11.8 Å². The Morgan fingerprint density at radius 2 is 1.65 bits per heavy atom. The highest BCUT2D eigenvalue weighted by Crippen LogP contribution is 2.31. The van der Waals surface area contributed by atoms with Gasteiger partial charge in [-0.2, -0.15) is 4.98 Å². The smallest absolute Gasteiger partial charge is 0.308 e. The number of piperidine rings is 2. The summed E-state index contributed by atoms with van der Waals surface area (Å²) in [4.78, 5) is 33.3. The van der Waals surface area contributed by atoms with Gasteiger partial charge in [-0.15, -0.1) is 0 Å². The van der Waals surface area contributed by atoms with Crippen LogP contribution in [0.4, 0.5) is 0 Å². The fraction of sp³-hybridized carbons (Fsp3) is 0.583. The quantitative estimate of drug-likeness (QED) is 0.561. The highest BCUT2D eigenvalue weighted by molar-refractivity contribution is 5.79. The molecule has 2 aliphatic heterocycles. The highest BCUT2D eigenvalue weighted by atomic mass is 16.5. The van der Waals surface area contributed by atoms with Crippen molar-refractivity contribution in [1.82, 2.24) is 19.9 Å². The van der Waals surface area contributed by atoms with Crippen LogP contribution in [0.5, 0.6) is 11.5 Å². The van der Waals surface area contributed by atoms with Gasteiger partial charge in [0.1, 0.15) is 0 Å². The Labute approximate surface area is 199 Å². The van der Waals surface area contributed by atoms with E-state index in [9.17, 15) is 9.59 Å². The summed E-state index contributed by atoms with van der Waals surface area (Å²) in [6, 6.07) is 5.49. The third-order valence-corrected chi connectivity index (χ3v) is 6.75. The molecule has 0 saturated carbocycles. The lowest BCUT2D eigenvalue weighted by atomic mass is 9.92. The molecule has 1 aromatic heterocycles. The predicted octanol–water partition coefficient (Wildman–Crippen LogP) is 2.38. The summed E-state index contributed by atoms with van der Waals surface area (Å²) in [5.41, 5.74) is 0.785. The van der Waals surface area contributed by atoms with Gasteiger partial charge < -0.3 is 23.6 Å². The number of amides is 1. The molecule has 10 nitrogen and oxygen atoms in total. The number of carbonyl (C=O) groups excluding carboxylic acids is 2. The van der Waals surface area contributed by atoms with Gasteiger partial charge >= 0.3 is 5.97 Å². The Hall–Kier alpha value is -3.14. The van der Waals surface area contributed by atoms with Crippen LogP contribution in [-0.2, 0) is 20.9 Å². The number of nitrogens with zero attached hydrogens (tertiary/aromatic N) is 4. The second-order valence-corrected chi connectivity index (χ2v) is 8.75. The Kier molecular flexibility index (Phi) is 7.66. The molecule has 2 saturated heterocycles. The zero-order valence-electron chi connectivity index (χ0n) is 20.0. The summed E-state index contributed by atoms with van der Waals surface area (Å²) in [7, 11) is 4.59. The van der Waals surface area contributed by atoms with E-state index < -0.39 is 0 Å². The number of aromatic nitrogens is 2. The van der Waals surface area contributed by atoms with Crippen LogP contribution >= 0.6 is 0 Å². The molecule has 10 heteroatoms. The van der Waals surface area contributed by atoms with E-state index in [4.69, 9.17) is 18.7 Å². The number of esters is 1. The SMILES string of the molecule is COC(=O)C1CCN(C(=O)C2CCN(Cc3nc(-c4ccc(OC)c(OC)c4)no3)CC2)CC1. The molecular formula is C24H32N4O6. The number of hydrogen-bond donors (Lipinski definition) is 0. The van der Waals surface area contributed by atoms with Gasteiger partial charge in [0, 0.05) is 24.6 Å². The third-order valence-electron chi connectivity index (χ3n) is 6.75. The Balaban J connectivity index is 1.27. The molecule has 1 amide bonds. The molecule has 0 aliphatic carbocycles. The van der Waals surface area contributed by atoms with E-state index in [-0.39, 0.29) is 23.7 Å². The van der Waals surface area contributed by atoms with Crippen LogP contribution in [0.3, 0.4) is 0 Å². The number of ether oxygens (including phenoxy) is 3. The van der Waals surface area contributed by atoms with Crippen molar-refractivity contribution in [3.8, 4) is 22.9 Å². The van der Waals surface area contributed by atoms with Crippen molar-refractivity contribution in [2.45, 2.75) is 32.2 Å². The van der Waals surface area contributed by atoms with Crippen LogP contribution in [0.25, 0.3) is 11.4 Å². The van der Waals surface area contributed by atoms with Gasteiger partial charge in [-0.05, 0) is 57.0 Å². The van der Waals surface area contributed by atoms with Crippen LogP contribution in [0, 0.1) is 11.8 Å². The van der Waals surface area contributed by atoms with E-state index in [1.165, 1.54) is 7.11 Å². The largest absolute Gasteiger partial charge is 0.493 e. The molecule has 0 unspecified atom stereocenters. The van der Waals surface area contributed by atoms with E-state index >= 15 is 0 Å². The standard InChI is InChI=1S/C24H32N4O6/c1-31-19-5-4-18(14-20(19)32-2)22-25-21(34-26-22)15-27-10-6-16(7-11-27)23(29)28-12-8-17(9-13-28)24(30)33-3/h4-5,14,16-17H,6-13,15H2,1-3H3. The van der Waals surface area contributed by atoms with E-state index in [0.717, 1.165) is 31.5 Å². The number of rotatable bonds is 7. The molecule has 0 N–H and O–H groups in total. The van der Waals surface area contributed by atoms with Crippen LogP contribution in [0.2, 0.25) is 0 Å². The molecule has 184 valence electrons. The van der Waals surface area contributed by atoms with Crippen LogP contribution in [0.1, 0.15) is 31.6 Å². The zero-order chi connectivity index (χ0) is 24.1. The summed E-state index contributed by atoms with van der Waals surface area (Å²) in [5.74, 6) is 2.25. The average molecular weight is 473 g/mol. The highest BCUT2D eigenvalue weighted by Gasteiger charge is 2.33. The van der Waals surface area contributed by atoms with Crippen molar-refractivity contribution < 1.29 is 28.3 Å². The molecule has 0 bridgehead atoms. The number of benzene rings is 1. The lowest BCUT2D eigenvalue weighted by Gasteiger charge is -2.36. The van der Waals surface area contributed by atoms with Crippen LogP contribution in [-0.4, -0.2) is 79.3 Å². The second kappa shape index (κ2) is 10.9. The minimum absolute atomic E-state index is 0.0240. The first-order valence-corrected chi connectivity index (χ1v) is 11.7. The average Bonchev–Trinajstić information content (AvgIpc) is 3.36. The fourth-order valence-electron chi connectivity index (χ4n) is 4.70. The summed E-state index contributed by atoms with van der Waals surface area (Å²) < 4.78 is 20.9. The van der Waals surface area contributed by atoms with Gasteiger partial charge in [0.15, 0.2) is 11.5 Å². The third kappa shape index (κ3) is 5.32. The lowest BCUT2D eigenvalue weighted by Crippen LogP contribution is -2.46. The minimum Gasteiger partial charge on any atom is -0.493 e. The number of methoxy groups -OCH3 is 3. The maximum absolute atomic E-state index is 13.0. The Bertz CT molecular complexity index is 993. The first-order chi connectivity index (χ1) is 16.5. The molecule has 4 rings (SSSR count). The van der Waals surface area contributed by atoms with E-state index in [0.29, 0.717) is 55.7 Å². The van der Waals surface area contributed by atoms with Crippen molar-refractivity contribution >= 4 is 11.9 Å². The summed E-state index contributed by atoms with van der Waals surface area (Å²) in [5, 5.41) is 4.11. The first kappa shape index (κ1) is 24.0. The van der Waals surface area contributed by atoms with E-state index in [2.05, 4.69) is 15.0 Å². The van der Waals surface area contributed by atoms with Gasteiger partial charge in [0.2, 0.25) is 17.6 Å². The van der Waals surface area contributed by atoms with Gasteiger partial charge in [-0.3, -0.25) is 14.5 Å². The first-order valence-electron chi connectivity index (χ1n) is 11.7. The van der Waals surface area contributed by atoms with Gasteiger partial charge in [0.05, 0.1) is 33.8 Å². The van der Waals surface area contributed by atoms with Crippen LogP contribution in [0.15, 0.2) is 22.7 Å². The maximum atomic E-state index is 13.0. The molecule has 34 heavy (non-hydrogen) atoms. The van der Waals surface area contributed by atoms with Crippen LogP contribution < -0.4 is 9.47 Å². The monoisotopic (exact) mass is 472 g/mol. The molecule has 0 spiro atoms.